The fraction of sp³-hybridized carbons (Fsp3) is 0.342. The minimum atomic E-state index is -3.67. The molecule has 2 saturated carbocycles. The van der Waals surface area contributed by atoms with Gasteiger partial charge in [0.2, 0.25) is 10.9 Å². The third-order valence-electron chi connectivity index (χ3n) is 10.6. The summed E-state index contributed by atoms with van der Waals surface area (Å²) < 4.78 is 86.0. The quantitative estimate of drug-likeness (QED) is 0.122. The van der Waals surface area contributed by atoms with Gasteiger partial charge in [0.05, 0.1) is 28.5 Å². The van der Waals surface area contributed by atoms with Crippen molar-refractivity contribution in [3.8, 4) is 5.69 Å². The normalized spacial score (nSPS) is 19.7. The van der Waals surface area contributed by atoms with Crippen LogP contribution in [0.4, 0.5) is 29.1 Å². The predicted octanol–water partition coefficient (Wildman–Crippen LogP) is 2.98. The van der Waals surface area contributed by atoms with E-state index in [-0.39, 0.29) is 57.4 Å². The van der Waals surface area contributed by atoms with Gasteiger partial charge in [0.1, 0.15) is 28.6 Å². The zero-order valence-electron chi connectivity index (χ0n) is 31.1. The lowest BCUT2D eigenvalue weighted by Crippen LogP contribution is -2.43. The Balaban J connectivity index is 0.000000164. The van der Waals surface area contributed by atoms with E-state index in [0.717, 1.165) is 54.9 Å². The molecule has 59 heavy (non-hydrogen) atoms. The summed E-state index contributed by atoms with van der Waals surface area (Å²) in [6.45, 7) is 3.97. The summed E-state index contributed by atoms with van der Waals surface area (Å²) in [6, 6.07) is 6.77. The Bertz CT molecular complexity index is 2760. The lowest BCUT2D eigenvalue weighted by atomic mass is 10.1. The smallest absolute Gasteiger partial charge is 0.341 e. The van der Waals surface area contributed by atoms with E-state index >= 15 is 0 Å². The van der Waals surface area contributed by atoms with Crippen LogP contribution in [0.5, 0.6) is 0 Å². The van der Waals surface area contributed by atoms with Gasteiger partial charge in [-0.25, -0.2) is 32.1 Å². The van der Waals surface area contributed by atoms with Crippen molar-refractivity contribution in [2.75, 3.05) is 55.3 Å². The monoisotopic (exact) mass is 843 g/mol. The molecule has 0 bridgehead atoms. The van der Waals surface area contributed by atoms with E-state index in [0.29, 0.717) is 49.7 Å². The van der Waals surface area contributed by atoms with Crippen LogP contribution in [0, 0.1) is 35.1 Å². The number of carboxylic acids is 2. The van der Waals surface area contributed by atoms with Crippen LogP contribution >= 0.6 is 0 Å². The number of carbonyl (C=O) groups is 2. The average molecular weight is 844 g/mol. The molecule has 2 aromatic carbocycles. The highest BCUT2D eigenvalue weighted by Crippen LogP contribution is 2.45. The Morgan fingerprint density at radius 3 is 1.95 bits per heavy atom. The highest BCUT2D eigenvalue weighted by atomic mass is 32.2. The van der Waals surface area contributed by atoms with Crippen LogP contribution in [0.2, 0.25) is 0 Å². The molecule has 4 aliphatic rings. The molecule has 0 amide bonds. The summed E-state index contributed by atoms with van der Waals surface area (Å²) >= 11 is 0. The van der Waals surface area contributed by atoms with E-state index in [1.807, 2.05) is 9.47 Å². The van der Waals surface area contributed by atoms with Gasteiger partial charge in [0, 0.05) is 75.2 Å². The number of hydrogen-bond donors (Lipinski definition) is 5. The Hall–Kier alpha value is -5.90. The first kappa shape index (κ1) is 41.3. The highest BCUT2D eigenvalue weighted by molar-refractivity contribution is 7.85. The molecule has 2 aliphatic heterocycles. The van der Waals surface area contributed by atoms with Crippen LogP contribution in [0.3, 0.4) is 0 Å². The fourth-order valence-corrected chi connectivity index (χ4v) is 7.51. The van der Waals surface area contributed by atoms with Gasteiger partial charge in [-0.2, -0.15) is 8.42 Å². The van der Waals surface area contributed by atoms with Crippen LogP contribution in [0.15, 0.2) is 58.4 Å². The van der Waals surface area contributed by atoms with Crippen LogP contribution in [-0.2, 0) is 10.1 Å². The van der Waals surface area contributed by atoms with Gasteiger partial charge in [-0.3, -0.25) is 18.7 Å². The van der Waals surface area contributed by atoms with Gasteiger partial charge in [0.25, 0.3) is 10.1 Å². The van der Waals surface area contributed by atoms with E-state index < -0.39 is 61.7 Å². The molecule has 5 aromatic rings. The molecule has 4 fully saturated rings. The van der Waals surface area contributed by atoms with E-state index in [2.05, 4.69) is 10.3 Å². The van der Waals surface area contributed by atoms with Crippen molar-refractivity contribution in [3.05, 3.63) is 104 Å². The number of aromatic carboxylic acids is 2. The Morgan fingerprint density at radius 2 is 1.37 bits per heavy atom. The van der Waals surface area contributed by atoms with Gasteiger partial charge < -0.3 is 35.6 Å². The SMILES string of the molecule is CS(=O)(=O)O.NC1[C@H]2CN(c3nc4c(cc3F)c(=O)c(C(=O)O)cn4-c3ccc(F)cc3F)C[C@@H]12.O=C(O)c1cn(C2CC2)c2cc(N3CCNCC3)c(F)cc2c1=O. The first-order chi connectivity index (χ1) is 27.8. The lowest BCUT2D eigenvalue weighted by molar-refractivity contribution is 0.0684. The first-order valence-electron chi connectivity index (χ1n) is 18.3. The van der Waals surface area contributed by atoms with Crippen molar-refractivity contribution in [1.29, 1.82) is 0 Å². The molecule has 6 N–H and O–H groups in total. The zero-order valence-corrected chi connectivity index (χ0v) is 31.9. The zero-order chi connectivity index (χ0) is 42.7. The number of aromatic nitrogens is 3. The molecule has 3 atom stereocenters. The van der Waals surface area contributed by atoms with Gasteiger partial charge >= 0.3 is 11.9 Å². The molecule has 16 nitrogen and oxygen atoms in total. The fourth-order valence-electron chi connectivity index (χ4n) is 7.51. The van der Waals surface area contributed by atoms with Gasteiger partial charge in [0.15, 0.2) is 17.3 Å². The number of piperidine rings is 1. The minimum Gasteiger partial charge on any atom is -0.477 e. The largest absolute Gasteiger partial charge is 0.477 e. The van der Waals surface area contributed by atoms with Crippen LogP contribution in [0.1, 0.15) is 39.6 Å². The molecule has 1 unspecified atom stereocenters. The highest BCUT2D eigenvalue weighted by Gasteiger charge is 2.54. The molecule has 21 heteroatoms. The van der Waals surface area contributed by atoms with Crippen molar-refractivity contribution in [2.24, 2.45) is 17.6 Å². The van der Waals surface area contributed by atoms with Crippen molar-refractivity contribution < 1.29 is 50.3 Å². The number of nitrogens with one attached hydrogen (secondary N) is 1. The molecule has 9 rings (SSSR count). The van der Waals surface area contributed by atoms with E-state index in [1.54, 1.807) is 11.0 Å². The summed E-state index contributed by atoms with van der Waals surface area (Å²) in [5, 5.41) is 21.7. The maximum Gasteiger partial charge on any atom is 0.341 e. The number of rotatable bonds is 6. The number of nitrogens with zero attached hydrogens (tertiary/aromatic N) is 5. The van der Waals surface area contributed by atoms with Gasteiger partial charge in [-0.15, -0.1) is 0 Å². The number of fused-ring (bicyclic) bond motifs is 3. The molecule has 2 saturated heterocycles. The Labute approximate surface area is 331 Å². The minimum absolute atomic E-state index is 0.0272. The maximum atomic E-state index is 14.8. The van der Waals surface area contributed by atoms with Crippen LogP contribution in [-0.4, -0.2) is 101 Å². The number of nitrogens with two attached hydrogens (primary N) is 1. The van der Waals surface area contributed by atoms with Crippen molar-refractivity contribution in [1.82, 2.24) is 19.4 Å². The third kappa shape index (κ3) is 8.49. The standard InChI is InChI=1S/C20H15F3N4O3.C17H18FN3O3.CH4O3S/c21-8-1-2-15(13(22)3-8)27-7-12(20(29)30)17(28)9-4-14(23)19(25-18(9)27)26-5-10-11(6-26)16(10)24;18-13-7-11-14(8-15(13)20-5-3-19-4-6-20)21(10-1-2-10)9-12(16(11)22)17(23)24;1-5(2,3)4/h1-4,7,10-11,16H,5-6,24H2,(H,29,30);7-10,19H,1-6H2,(H,23,24);1H3,(H,2,3,4)/t10-,11+,16?;;. The molecular formula is C38H37F4N7O9S. The number of halogens is 4. The second-order valence-corrected chi connectivity index (χ2v) is 16.2. The summed E-state index contributed by atoms with van der Waals surface area (Å²) in [7, 11) is -3.67. The van der Waals surface area contributed by atoms with Crippen molar-refractivity contribution in [3.63, 3.8) is 0 Å². The Kier molecular flexibility index (Phi) is 11.0. The number of piperazine rings is 1. The predicted molar refractivity (Wildman–Crippen MR) is 207 cm³/mol. The lowest BCUT2D eigenvalue weighted by Gasteiger charge is -2.30. The molecule has 0 radical (unpaired) electrons. The molecule has 3 aromatic heterocycles. The maximum absolute atomic E-state index is 14.8. The number of hydrogen-bond acceptors (Lipinski definition) is 11. The number of carboxylic acid groups (broad SMARTS) is 2. The first-order valence-corrected chi connectivity index (χ1v) is 20.1. The van der Waals surface area contributed by atoms with Crippen LogP contribution in [0.25, 0.3) is 27.6 Å². The third-order valence-corrected chi connectivity index (χ3v) is 10.6. The summed E-state index contributed by atoms with van der Waals surface area (Å²) in [6.07, 6.45) is 4.92. The van der Waals surface area contributed by atoms with Crippen molar-refractivity contribution >= 4 is 55.5 Å². The van der Waals surface area contributed by atoms with Gasteiger partial charge in [-0.1, -0.05) is 0 Å². The second-order valence-electron chi connectivity index (χ2n) is 14.7. The number of anilines is 2. The topological polar surface area (TPSA) is 230 Å². The Morgan fingerprint density at radius 1 is 0.814 bits per heavy atom. The van der Waals surface area contributed by atoms with E-state index in [9.17, 15) is 55.4 Å². The van der Waals surface area contributed by atoms with Gasteiger partial charge in [-0.05, 0) is 55.0 Å². The summed E-state index contributed by atoms with van der Waals surface area (Å²) in [5.41, 5.74) is 4.10. The summed E-state index contributed by atoms with van der Waals surface area (Å²) in [4.78, 5) is 55.8. The molecule has 5 heterocycles. The summed E-state index contributed by atoms with van der Waals surface area (Å²) in [5.74, 6) is -5.46. The molecule has 2 aliphatic carbocycles. The molecule has 0 spiro atoms. The van der Waals surface area contributed by atoms with Crippen LogP contribution < -0.4 is 31.7 Å². The van der Waals surface area contributed by atoms with E-state index in [1.165, 1.54) is 12.3 Å². The number of pyridine rings is 3. The van der Waals surface area contributed by atoms with E-state index in [4.69, 9.17) is 10.3 Å². The second kappa shape index (κ2) is 15.7. The number of benzene rings is 2. The van der Waals surface area contributed by atoms with Crippen molar-refractivity contribution in [2.45, 2.75) is 24.9 Å². The molecule has 312 valence electrons. The molecular weight excluding hydrogens is 807 g/mol. The average Bonchev–Trinajstić information content (AvgIpc) is 4.06.